The fourth-order valence-corrected chi connectivity index (χ4v) is 3.15. The molecule has 0 saturated heterocycles. The minimum atomic E-state index is -3.76. The third-order valence-corrected chi connectivity index (χ3v) is 5.14. The molecule has 0 atom stereocenters. The molecule has 0 unspecified atom stereocenters. The number of hydrazine groups is 1. The number of nitrogens with one attached hydrogen (secondary N) is 1. The summed E-state index contributed by atoms with van der Waals surface area (Å²) in [5.74, 6) is 5.12. The predicted octanol–water partition coefficient (Wildman–Crippen LogP) is -0.968. The third kappa shape index (κ3) is 4.42. The molecule has 0 aliphatic rings. The number of pyridine rings is 1. The van der Waals surface area contributed by atoms with Crippen LogP contribution >= 0.6 is 0 Å². The van der Waals surface area contributed by atoms with Crippen molar-refractivity contribution in [2.75, 3.05) is 31.0 Å². The number of hydrogen-bond acceptors (Lipinski definition) is 7. The van der Waals surface area contributed by atoms with Crippen molar-refractivity contribution in [1.29, 1.82) is 0 Å². The molecule has 0 radical (unpaired) electrons. The van der Waals surface area contributed by atoms with Gasteiger partial charge in [0.15, 0.2) is 0 Å². The Balaban J connectivity index is 2.96. The number of aromatic nitrogens is 1. The van der Waals surface area contributed by atoms with Crippen molar-refractivity contribution in [3.05, 3.63) is 18.3 Å². The second-order valence-electron chi connectivity index (χ2n) is 3.98. The quantitative estimate of drug-likeness (QED) is 0.512. The standard InChI is InChI=1S/C9H16N4O4S2/c1-13(5-6-18(2,14)15)19(16,17)8-3-4-11-9(7-8)12-10/h3-4,7H,5-6,10H2,1-2H3,(H,11,12). The average molecular weight is 308 g/mol. The monoisotopic (exact) mass is 308 g/mol. The van der Waals surface area contributed by atoms with Crippen molar-refractivity contribution in [2.24, 2.45) is 5.84 Å². The SMILES string of the molecule is CN(CCS(C)(=O)=O)S(=O)(=O)c1ccnc(NN)c1. The first kappa shape index (κ1) is 15.8. The molecule has 0 saturated carbocycles. The van der Waals surface area contributed by atoms with Gasteiger partial charge in [-0.05, 0) is 6.07 Å². The molecule has 1 aromatic heterocycles. The number of nitrogen functional groups attached to an aromatic ring is 1. The molecule has 8 nitrogen and oxygen atoms in total. The molecule has 0 aromatic carbocycles. The molecule has 1 aromatic rings. The number of rotatable bonds is 6. The zero-order valence-electron chi connectivity index (χ0n) is 10.6. The number of nitrogens with zero attached hydrogens (tertiary/aromatic N) is 2. The van der Waals surface area contributed by atoms with E-state index in [0.717, 1.165) is 10.6 Å². The second kappa shape index (κ2) is 5.82. The Bertz CT molecular complexity index is 642. The highest BCUT2D eigenvalue weighted by molar-refractivity contribution is 7.91. The maximum absolute atomic E-state index is 12.2. The highest BCUT2D eigenvalue weighted by Gasteiger charge is 2.22. The van der Waals surface area contributed by atoms with Crippen LogP contribution < -0.4 is 11.3 Å². The highest BCUT2D eigenvalue weighted by Crippen LogP contribution is 2.16. The van der Waals surface area contributed by atoms with Crippen LogP contribution in [0.1, 0.15) is 0 Å². The second-order valence-corrected chi connectivity index (χ2v) is 8.28. The van der Waals surface area contributed by atoms with Crippen molar-refractivity contribution in [3.8, 4) is 0 Å². The maximum Gasteiger partial charge on any atom is 0.243 e. The van der Waals surface area contributed by atoms with Crippen LogP contribution in [0.2, 0.25) is 0 Å². The zero-order chi connectivity index (χ0) is 14.7. The van der Waals surface area contributed by atoms with Crippen LogP contribution in [0.15, 0.2) is 23.2 Å². The fourth-order valence-electron chi connectivity index (χ4n) is 1.25. The van der Waals surface area contributed by atoms with Gasteiger partial charge in [-0.3, -0.25) is 0 Å². The summed E-state index contributed by atoms with van der Waals surface area (Å²) in [6, 6.07) is 2.58. The maximum atomic E-state index is 12.2. The molecule has 3 N–H and O–H groups in total. The molecule has 0 spiro atoms. The lowest BCUT2D eigenvalue weighted by molar-refractivity contribution is 0.484. The summed E-state index contributed by atoms with van der Waals surface area (Å²) in [5.41, 5.74) is 2.24. The van der Waals surface area contributed by atoms with Gasteiger partial charge in [0.2, 0.25) is 10.0 Å². The van der Waals surface area contributed by atoms with Crippen LogP contribution in [0.5, 0.6) is 0 Å². The summed E-state index contributed by atoms with van der Waals surface area (Å²) < 4.78 is 47.4. The molecule has 0 fully saturated rings. The average Bonchev–Trinajstić information content (AvgIpc) is 2.35. The summed E-state index contributed by atoms with van der Waals surface area (Å²) >= 11 is 0. The Hall–Kier alpha value is -1.23. The number of sulfonamides is 1. The Labute approximate surface area is 112 Å². The molecule has 0 aliphatic heterocycles. The van der Waals surface area contributed by atoms with Gasteiger partial charge in [-0.15, -0.1) is 0 Å². The van der Waals surface area contributed by atoms with Crippen molar-refractivity contribution < 1.29 is 16.8 Å². The van der Waals surface area contributed by atoms with Gasteiger partial charge < -0.3 is 5.43 Å². The van der Waals surface area contributed by atoms with Gasteiger partial charge in [-0.25, -0.2) is 27.7 Å². The van der Waals surface area contributed by atoms with Crippen LogP contribution in [0.3, 0.4) is 0 Å². The van der Waals surface area contributed by atoms with E-state index in [0.29, 0.717) is 0 Å². The summed E-state index contributed by atoms with van der Waals surface area (Å²) in [7, 11) is -5.67. The molecule has 19 heavy (non-hydrogen) atoms. The first-order chi connectivity index (χ1) is 8.66. The van der Waals surface area contributed by atoms with Gasteiger partial charge in [0, 0.05) is 32.1 Å². The molecule has 0 bridgehead atoms. The fraction of sp³-hybridized carbons (Fsp3) is 0.444. The van der Waals surface area contributed by atoms with Gasteiger partial charge in [0.1, 0.15) is 15.7 Å². The summed E-state index contributed by atoms with van der Waals surface area (Å²) in [5, 5.41) is 0. The molecule has 1 rings (SSSR count). The highest BCUT2D eigenvalue weighted by atomic mass is 32.2. The van der Waals surface area contributed by atoms with Crippen LogP contribution in [0.25, 0.3) is 0 Å². The van der Waals surface area contributed by atoms with Crippen molar-refractivity contribution >= 4 is 25.7 Å². The lowest BCUT2D eigenvalue weighted by atomic mass is 10.5. The van der Waals surface area contributed by atoms with Crippen LogP contribution in [0.4, 0.5) is 5.82 Å². The summed E-state index contributed by atoms with van der Waals surface area (Å²) in [4.78, 5) is 3.79. The largest absolute Gasteiger partial charge is 0.308 e. The van der Waals surface area contributed by atoms with E-state index in [4.69, 9.17) is 5.84 Å². The van der Waals surface area contributed by atoms with E-state index in [1.165, 1.54) is 25.4 Å². The van der Waals surface area contributed by atoms with Crippen molar-refractivity contribution in [2.45, 2.75) is 4.90 Å². The molecule has 0 aliphatic carbocycles. The summed E-state index contributed by atoms with van der Waals surface area (Å²) in [6.45, 7) is -0.116. The Kier molecular flexibility index (Phi) is 4.85. The van der Waals surface area contributed by atoms with E-state index in [1.54, 1.807) is 0 Å². The van der Waals surface area contributed by atoms with Gasteiger partial charge in [0.05, 0.1) is 10.6 Å². The minimum Gasteiger partial charge on any atom is -0.308 e. The van der Waals surface area contributed by atoms with Crippen LogP contribution in [-0.2, 0) is 19.9 Å². The van der Waals surface area contributed by atoms with Crippen molar-refractivity contribution in [3.63, 3.8) is 0 Å². The van der Waals surface area contributed by atoms with Crippen molar-refractivity contribution in [1.82, 2.24) is 9.29 Å². The molecular weight excluding hydrogens is 292 g/mol. The number of nitrogens with two attached hydrogens (primary N) is 1. The van der Waals surface area contributed by atoms with E-state index in [2.05, 4.69) is 10.4 Å². The minimum absolute atomic E-state index is 0.00792. The lowest BCUT2D eigenvalue weighted by Gasteiger charge is -2.16. The van der Waals surface area contributed by atoms with Gasteiger partial charge in [-0.1, -0.05) is 0 Å². The van der Waals surface area contributed by atoms with E-state index in [9.17, 15) is 16.8 Å². The van der Waals surface area contributed by atoms with E-state index >= 15 is 0 Å². The molecule has 0 amide bonds. The third-order valence-electron chi connectivity index (χ3n) is 2.36. The predicted molar refractivity (Wildman–Crippen MR) is 71.6 cm³/mol. The van der Waals surface area contributed by atoms with Crippen LogP contribution in [-0.4, -0.2) is 51.7 Å². The Morgan fingerprint density at radius 1 is 1.37 bits per heavy atom. The first-order valence-corrected chi connectivity index (χ1v) is 8.73. The Morgan fingerprint density at radius 3 is 2.53 bits per heavy atom. The lowest BCUT2D eigenvalue weighted by Crippen LogP contribution is -2.31. The first-order valence-electron chi connectivity index (χ1n) is 5.23. The summed E-state index contributed by atoms with van der Waals surface area (Å²) in [6.07, 6.45) is 2.35. The van der Waals surface area contributed by atoms with E-state index in [-0.39, 0.29) is 23.0 Å². The van der Waals surface area contributed by atoms with Gasteiger partial charge >= 0.3 is 0 Å². The Morgan fingerprint density at radius 2 is 2.00 bits per heavy atom. The van der Waals surface area contributed by atoms with Crippen LogP contribution in [0, 0.1) is 0 Å². The van der Waals surface area contributed by atoms with Gasteiger partial charge in [-0.2, -0.15) is 4.31 Å². The van der Waals surface area contributed by atoms with E-state index < -0.39 is 19.9 Å². The van der Waals surface area contributed by atoms with Gasteiger partial charge in [0.25, 0.3) is 0 Å². The smallest absolute Gasteiger partial charge is 0.243 e. The number of hydrogen-bond donors (Lipinski definition) is 2. The number of sulfone groups is 1. The number of anilines is 1. The zero-order valence-corrected chi connectivity index (χ0v) is 12.2. The molecule has 108 valence electrons. The molecular formula is C9H16N4O4S2. The van der Waals surface area contributed by atoms with E-state index in [1.807, 2.05) is 0 Å². The molecule has 1 heterocycles. The normalized spacial score (nSPS) is 12.6. The molecule has 10 heteroatoms. The topological polar surface area (TPSA) is 122 Å².